The van der Waals surface area contributed by atoms with Gasteiger partial charge in [0.15, 0.2) is 0 Å². The van der Waals surface area contributed by atoms with E-state index in [1.54, 1.807) is 6.07 Å². The van der Waals surface area contributed by atoms with Crippen LogP contribution in [0.1, 0.15) is 5.69 Å². The van der Waals surface area contributed by atoms with Crippen molar-refractivity contribution in [2.45, 2.75) is 6.92 Å². The van der Waals surface area contributed by atoms with Gasteiger partial charge in [-0.05, 0) is 25.1 Å². The Hall–Kier alpha value is -2.94. The molecule has 2 amide bonds. The molecule has 0 aliphatic carbocycles. The predicted molar refractivity (Wildman–Crippen MR) is 102 cm³/mol. The highest BCUT2D eigenvalue weighted by Crippen LogP contribution is 2.16. The summed E-state index contributed by atoms with van der Waals surface area (Å²) in [5, 5.41) is 8.38. The fraction of sp³-hybridized carbons (Fsp3) is 0.389. The van der Waals surface area contributed by atoms with E-state index in [4.69, 9.17) is 4.74 Å². The summed E-state index contributed by atoms with van der Waals surface area (Å²) in [7, 11) is 0. The second-order valence-electron chi connectivity index (χ2n) is 6.11. The van der Waals surface area contributed by atoms with Crippen LogP contribution in [0.2, 0.25) is 0 Å². The molecule has 0 atom stereocenters. The molecule has 0 unspecified atom stereocenters. The van der Waals surface area contributed by atoms with Crippen LogP contribution in [0.15, 0.2) is 30.3 Å². The third kappa shape index (κ3) is 5.78. The highest BCUT2D eigenvalue weighted by atomic mass is 19.1. The van der Waals surface area contributed by atoms with Crippen LogP contribution in [0.3, 0.4) is 0 Å². The fourth-order valence-corrected chi connectivity index (χ4v) is 2.68. The molecule has 1 aromatic carbocycles. The van der Waals surface area contributed by atoms with E-state index in [1.165, 1.54) is 18.2 Å². The number of nitrogens with zero attached hydrogens (tertiary/aromatic N) is 3. The molecule has 9 heteroatoms. The molecule has 144 valence electrons. The second-order valence-corrected chi connectivity index (χ2v) is 6.11. The minimum atomic E-state index is -0.401. The van der Waals surface area contributed by atoms with Crippen molar-refractivity contribution in [1.29, 1.82) is 0 Å². The van der Waals surface area contributed by atoms with Gasteiger partial charge in [0, 0.05) is 43.6 Å². The summed E-state index contributed by atoms with van der Waals surface area (Å²) in [4.78, 5) is 22.9. The number of anilines is 3. The molecule has 3 rings (SSSR count). The van der Waals surface area contributed by atoms with Crippen molar-refractivity contribution >= 4 is 23.5 Å². The molecule has 0 bridgehead atoms. The quantitative estimate of drug-likeness (QED) is 0.670. The average Bonchev–Trinajstić information content (AvgIpc) is 2.65. The lowest BCUT2D eigenvalue weighted by atomic mass is 10.3. The summed E-state index contributed by atoms with van der Waals surface area (Å²) in [5.41, 5.74) is 1.27. The number of urea groups is 1. The monoisotopic (exact) mass is 374 g/mol. The summed E-state index contributed by atoms with van der Waals surface area (Å²) in [6, 6.07) is 7.27. The highest BCUT2D eigenvalue weighted by molar-refractivity contribution is 5.89. The van der Waals surface area contributed by atoms with E-state index < -0.39 is 11.8 Å². The van der Waals surface area contributed by atoms with Crippen molar-refractivity contribution in [3.8, 4) is 0 Å². The normalized spacial score (nSPS) is 13.9. The largest absolute Gasteiger partial charge is 0.378 e. The topological polar surface area (TPSA) is 91.4 Å². The Bertz CT molecular complexity index is 782. The van der Waals surface area contributed by atoms with Gasteiger partial charge in [-0.15, -0.1) is 0 Å². The molecule has 1 aromatic heterocycles. The SMILES string of the molecule is Cc1cc(N2CCOCC2)nc(NCCNC(=O)Nc2cccc(F)c2)n1. The van der Waals surface area contributed by atoms with Crippen LogP contribution < -0.4 is 20.9 Å². The summed E-state index contributed by atoms with van der Waals surface area (Å²) >= 11 is 0. The van der Waals surface area contributed by atoms with Gasteiger partial charge in [-0.3, -0.25) is 0 Å². The van der Waals surface area contributed by atoms with Crippen molar-refractivity contribution in [2.75, 3.05) is 54.9 Å². The average molecular weight is 374 g/mol. The first-order valence-corrected chi connectivity index (χ1v) is 8.83. The molecule has 1 aliphatic heterocycles. The molecule has 0 spiro atoms. The Labute approximate surface area is 157 Å². The number of benzene rings is 1. The predicted octanol–water partition coefficient (Wildman–Crippen LogP) is 1.99. The number of aromatic nitrogens is 2. The van der Waals surface area contributed by atoms with Crippen LogP contribution in [0, 0.1) is 12.7 Å². The van der Waals surface area contributed by atoms with Gasteiger partial charge in [0.2, 0.25) is 5.95 Å². The van der Waals surface area contributed by atoms with Crippen LogP contribution >= 0.6 is 0 Å². The lowest BCUT2D eigenvalue weighted by molar-refractivity contribution is 0.122. The first-order chi connectivity index (χ1) is 13.1. The molecule has 1 fully saturated rings. The van der Waals surface area contributed by atoms with E-state index in [1.807, 2.05) is 13.0 Å². The van der Waals surface area contributed by atoms with E-state index in [0.717, 1.165) is 24.6 Å². The van der Waals surface area contributed by atoms with Gasteiger partial charge >= 0.3 is 6.03 Å². The van der Waals surface area contributed by atoms with Gasteiger partial charge in [0.05, 0.1) is 13.2 Å². The number of amides is 2. The molecule has 1 saturated heterocycles. The van der Waals surface area contributed by atoms with Gasteiger partial charge in [0.1, 0.15) is 11.6 Å². The molecular weight excluding hydrogens is 351 g/mol. The van der Waals surface area contributed by atoms with E-state index in [9.17, 15) is 9.18 Å². The van der Waals surface area contributed by atoms with Crippen LogP contribution in [0.4, 0.5) is 26.6 Å². The first-order valence-electron chi connectivity index (χ1n) is 8.83. The molecule has 0 radical (unpaired) electrons. The molecular formula is C18H23FN6O2. The molecule has 0 saturated carbocycles. The van der Waals surface area contributed by atoms with Crippen LogP contribution in [-0.2, 0) is 4.74 Å². The summed E-state index contributed by atoms with van der Waals surface area (Å²) in [5.74, 6) is 0.982. The maximum atomic E-state index is 13.1. The number of morpholine rings is 1. The molecule has 8 nitrogen and oxygen atoms in total. The minimum Gasteiger partial charge on any atom is -0.378 e. The smallest absolute Gasteiger partial charge is 0.319 e. The summed E-state index contributed by atoms with van der Waals surface area (Å²) < 4.78 is 18.5. The lowest BCUT2D eigenvalue weighted by Crippen LogP contribution is -2.37. The van der Waals surface area contributed by atoms with Gasteiger partial charge in [-0.25, -0.2) is 14.2 Å². The van der Waals surface area contributed by atoms with Crippen molar-refractivity contribution in [2.24, 2.45) is 0 Å². The number of hydrogen-bond donors (Lipinski definition) is 3. The molecule has 3 N–H and O–H groups in total. The number of ether oxygens (including phenoxy) is 1. The number of rotatable bonds is 6. The van der Waals surface area contributed by atoms with Crippen molar-refractivity contribution < 1.29 is 13.9 Å². The summed E-state index contributed by atoms with van der Waals surface area (Å²) in [6.45, 7) is 5.73. The minimum absolute atomic E-state index is 0.366. The maximum Gasteiger partial charge on any atom is 0.319 e. The zero-order chi connectivity index (χ0) is 19.1. The summed E-state index contributed by atoms with van der Waals surface area (Å²) in [6.07, 6.45) is 0. The number of aryl methyl sites for hydroxylation is 1. The lowest BCUT2D eigenvalue weighted by Gasteiger charge is -2.28. The van der Waals surface area contributed by atoms with E-state index in [0.29, 0.717) is 37.9 Å². The Morgan fingerprint density at radius 3 is 2.81 bits per heavy atom. The Morgan fingerprint density at radius 2 is 2.04 bits per heavy atom. The van der Waals surface area contributed by atoms with E-state index >= 15 is 0 Å². The van der Waals surface area contributed by atoms with Crippen LogP contribution in [0.25, 0.3) is 0 Å². The first kappa shape index (κ1) is 18.8. The molecule has 2 aromatic rings. The molecule has 27 heavy (non-hydrogen) atoms. The maximum absolute atomic E-state index is 13.1. The molecule has 1 aliphatic rings. The van der Waals surface area contributed by atoms with Gasteiger partial charge < -0.3 is 25.6 Å². The van der Waals surface area contributed by atoms with Crippen molar-refractivity contribution in [3.05, 3.63) is 41.8 Å². The third-order valence-electron chi connectivity index (χ3n) is 3.95. The Morgan fingerprint density at radius 1 is 1.22 bits per heavy atom. The molecule has 2 heterocycles. The second kappa shape index (κ2) is 9.13. The zero-order valence-corrected chi connectivity index (χ0v) is 15.2. The Balaban J connectivity index is 1.46. The van der Waals surface area contributed by atoms with Crippen LogP contribution in [0.5, 0.6) is 0 Å². The number of carbonyl (C=O) groups excluding carboxylic acids is 1. The van der Waals surface area contributed by atoms with E-state index in [-0.39, 0.29) is 0 Å². The fourth-order valence-electron chi connectivity index (χ4n) is 2.68. The Kier molecular flexibility index (Phi) is 6.37. The number of halogens is 1. The zero-order valence-electron chi connectivity index (χ0n) is 15.2. The standard InChI is InChI=1S/C18H23FN6O2/c1-13-11-16(25-7-9-27-10-8-25)24-17(22-13)20-5-6-21-18(26)23-15-4-2-3-14(19)12-15/h2-4,11-12H,5-10H2,1H3,(H,20,22,24)(H2,21,23,26). The van der Waals surface area contributed by atoms with Gasteiger partial charge in [-0.2, -0.15) is 4.98 Å². The highest BCUT2D eigenvalue weighted by Gasteiger charge is 2.14. The van der Waals surface area contributed by atoms with Crippen LogP contribution in [-0.4, -0.2) is 55.4 Å². The number of carbonyl (C=O) groups is 1. The van der Waals surface area contributed by atoms with E-state index in [2.05, 4.69) is 30.8 Å². The third-order valence-corrected chi connectivity index (χ3v) is 3.95. The number of nitrogens with one attached hydrogen (secondary N) is 3. The van der Waals surface area contributed by atoms with Gasteiger partial charge in [-0.1, -0.05) is 6.07 Å². The van der Waals surface area contributed by atoms with Gasteiger partial charge in [0.25, 0.3) is 0 Å². The van der Waals surface area contributed by atoms with Crippen molar-refractivity contribution in [3.63, 3.8) is 0 Å². The number of hydrogen-bond acceptors (Lipinski definition) is 6. The van der Waals surface area contributed by atoms with Crippen molar-refractivity contribution in [1.82, 2.24) is 15.3 Å².